The Balaban J connectivity index is 2.18. The van der Waals surface area contributed by atoms with E-state index in [2.05, 4.69) is 4.98 Å². The number of nitrogens with zero attached hydrogens (tertiary/aromatic N) is 2. The highest BCUT2D eigenvalue weighted by Gasteiger charge is 2.45. The van der Waals surface area contributed by atoms with Crippen molar-refractivity contribution in [1.82, 2.24) is 9.88 Å². The van der Waals surface area contributed by atoms with Crippen LogP contribution in [0.3, 0.4) is 0 Å². The molecule has 6 nitrogen and oxygen atoms in total. The first kappa shape index (κ1) is 20.8. The summed E-state index contributed by atoms with van der Waals surface area (Å²) in [6.45, 7) is 3.88. The molecule has 2 heterocycles. The Morgan fingerprint density at radius 2 is 1.96 bits per heavy atom. The zero-order valence-corrected chi connectivity index (χ0v) is 17.8. The van der Waals surface area contributed by atoms with E-state index >= 15 is 0 Å². The minimum Gasteiger partial charge on any atom is -0.503 e. The van der Waals surface area contributed by atoms with Gasteiger partial charge in [-0.25, -0.2) is 4.98 Å². The first-order valence-electron chi connectivity index (χ1n) is 8.43. The smallest absolute Gasteiger partial charge is 0.290 e. The number of ketones is 1. The standard InChI is InChI=1S/C19H18Cl2N2O4S/c1-9-18(28-10(2)22-9)16(24)14-15(13-11(20)5-4-6-12(13)21)23(7-8-27-3)19(26)17(14)25/h4-6,15,25H,7-8H2,1-3H3. The molecule has 1 aromatic heterocycles. The van der Waals surface area contributed by atoms with Crippen LogP contribution in [0.1, 0.15) is 32.0 Å². The number of amides is 1. The molecule has 1 aliphatic heterocycles. The first-order valence-corrected chi connectivity index (χ1v) is 10.0. The van der Waals surface area contributed by atoms with Crippen LogP contribution in [0.25, 0.3) is 0 Å². The van der Waals surface area contributed by atoms with Crippen LogP contribution in [-0.2, 0) is 9.53 Å². The molecule has 0 radical (unpaired) electrons. The molecule has 0 bridgehead atoms. The van der Waals surface area contributed by atoms with E-state index in [-0.39, 0.29) is 18.7 Å². The number of carbonyl (C=O) groups is 2. The monoisotopic (exact) mass is 440 g/mol. The highest BCUT2D eigenvalue weighted by atomic mass is 35.5. The second kappa shape index (κ2) is 8.21. The molecular weight excluding hydrogens is 423 g/mol. The fourth-order valence-corrected chi connectivity index (χ4v) is 4.72. The minimum atomic E-state index is -0.918. The van der Waals surface area contributed by atoms with Gasteiger partial charge in [0, 0.05) is 29.3 Å². The van der Waals surface area contributed by atoms with E-state index < -0.39 is 23.5 Å². The molecule has 3 rings (SSSR count). The molecule has 0 saturated carbocycles. The number of benzene rings is 1. The van der Waals surface area contributed by atoms with E-state index in [0.29, 0.717) is 31.2 Å². The Morgan fingerprint density at radius 3 is 2.50 bits per heavy atom. The number of thiazole rings is 1. The van der Waals surface area contributed by atoms with E-state index in [1.54, 1.807) is 32.0 Å². The van der Waals surface area contributed by atoms with Crippen LogP contribution in [0.5, 0.6) is 0 Å². The van der Waals surface area contributed by atoms with Crippen LogP contribution in [0.4, 0.5) is 0 Å². The van der Waals surface area contributed by atoms with Crippen LogP contribution in [0, 0.1) is 13.8 Å². The number of aliphatic hydroxyl groups excluding tert-OH is 1. The summed E-state index contributed by atoms with van der Waals surface area (Å²) in [6.07, 6.45) is 0. The molecule has 1 atom stereocenters. The van der Waals surface area contributed by atoms with Gasteiger partial charge in [0.05, 0.1) is 33.8 Å². The zero-order valence-electron chi connectivity index (χ0n) is 15.5. The molecule has 0 saturated heterocycles. The van der Waals surface area contributed by atoms with Gasteiger partial charge >= 0.3 is 0 Å². The molecule has 28 heavy (non-hydrogen) atoms. The Labute approximate surface area is 176 Å². The fourth-order valence-electron chi connectivity index (χ4n) is 3.24. The summed E-state index contributed by atoms with van der Waals surface area (Å²) >= 11 is 14.0. The van der Waals surface area contributed by atoms with Crippen molar-refractivity contribution < 1.29 is 19.4 Å². The predicted octanol–water partition coefficient (Wildman–Crippen LogP) is 4.29. The summed E-state index contributed by atoms with van der Waals surface area (Å²) in [5.41, 5.74) is 0.879. The third-order valence-corrected chi connectivity index (χ3v) is 6.20. The van der Waals surface area contributed by atoms with E-state index in [1.165, 1.54) is 23.3 Å². The van der Waals surface area contributed by atoms with Crippen molar-refractivity contribution in [1.29, 1.82) is 0 Å². The number of methoxy groups -OCH3 is 1. The average Bonchev–Trinajstić information content (AvgIpc) is 3.10. The highest BCUT2D eigenvalue weighted by molar-refractivity contribution is 7.14. The van der Waals surface area contributed by atoms with Gasteiger partial charge in [-0.05, 0) is 26.0 Å². The number of rotatable bonds is 6. The molecule has 1 amide bonds. The Morgan fingerprint density at radius 1 is 1.32 bits per heavy atom. The number of aliphatic hydroxyl groups is 1. The molecule has 0 spiro atoms. The quantitative estimate of drug-likeness (QED) is 0.677. The lowest BCUT2D eigenvalue weighted by Crippen LogP contribution is -2.34. The molecule has 1 N–H and O–H groups in total. The lowest BCUT2D eigenvalue weighted by atomic mass is 9.95. The van der Waals surface area contributed by atoms with Gasteiger partial charge in [0.25, 0.3) is 5.91 Å². The van der Waals surface area contributed by atoms with Crippen molar-refractivity contribution in [2.45, 2.75) is 19.9 Å². The maximum absolute atomic E-state index is 13.3. The molecule has 148 valence electrons. The number of carbonyl (C=O) groups excluding carboxylic acids is 2. The number of aromatic nitrogens is 1. The number of Topliss-reactive ketones (excluding diaryl/α,β-unsaturated/α-hetero) is 1. The molecule has 0 aliphatic carbocycles. The van der Waals surface area contributed by atoms with Crippen molar-refractivity contribution in [3.05, 3.63) is 60.7 Å². The Bertz CT molecular complexity index is 966. The van der Waals surface area contributed by atoms with Gasteiger partial charge in [0.15, 0.2) is 5.76 Å². The predicted molar refractivity (Wildman–Crippen MR) is 108 cm³/mol. The van der Waals surface area contributed by atoms with E-state index in [0.717, 1.165) is 0 Å². The Kier molecular flexibility index (Phi) is 6.09. The molecule has 1 aromatic carbocycles. The number of hydrogen-bond donors (Lipinski definition) is 1. The lowest BCUT2D eigenvalue weighted by Gasteiger charge is -2.27. The number of hydrogen-bond acceptors (Lipinski definition) is 6. The zero-order chi connectivity index (χ0) is 20.6. The first-order chi connectivity index (χ1) is 13.3. The fraction of sp³-hybridized carbons (Fsp3) is 0.316. The minimum absolute atomic E-state index is 0.0529. The van der Waals surface area contributed by atoms with Crippen LogP contribution >= 0.6 is 34.5 Å². The van der Waals surface area contributed by atoms with Crippen molar-refractivity contribution in [3.63, 3.8) is 0 Å². The van der Waals surface area contributed by atoms with E-state index in [9.17, 15) is 14.7 Å². The van der Waals surface area contributed by atoms with Gasteiger partial charge in [0.2, 0.25) is 5.78 Å². The topological polar surface area (TPSA) is 79.7 Å². The summed E-state index contributed by atoms with van der Waals surface area (Å²) < 4.78 is 5.08. The molecule has 9 heteroatoms. The molecule has 1 aliphatic rings. The van der Waals surface area contributed by atoms with E-state index in [4.69, 9.17) is 27.9 Å². The van der Waals surface area contributed by atoms with Crippen LogP contribution < -0.4 is 0 Å². The molecule has 1 unspecified atom stereocenters. The van der Waals surface area contributed by atoms with Gasteiger partial charge in [-0.3, -0.25) is 9.59 Å². The van der Waals surface area contributed by atoms with Gasteiger partial charge in [-0.15, -0.1) is 11.3 Å². The lowest BCUT2D eigenvalue weighted by molar-refractivity contribution is -0.130. The van der Waals surface area contributed by atoms with Crippen LogP contribution in [-0.4, -0.2) is 46.9 Å². The summed E-state index contributed by atoms with van der Waals surface area (Å²) in [7, 11) is 1.50. The highest BCUT2D eigenvalue weighted by Crippen LogP contribution is 2.44. The van der Waals surface area contributed by atoms with Gasteiger partial charge in [-0.1, -0.05) is 29.3 Å². The average molecular weight is 441 g/mol. The van der Waals surface area contributed by atoms with Crippen molar-refractivity contribution in [3.8, 4) is 0 Å². The largest absolute Gasteiger partial charge is 0.503 e. The number of aryl methyl sites for hydroxylation is 2. The molecule has 2 aromatic rings. The number of ether oxygens (including phenoxy) is 1. The summed E-state index contributed by atoms with van der Waals surface area (Å²) in [4.78, 5) is 32.1. The third-order valence-electron chi connectivity index (χ3n) is 4.47. The van der Waals surface area contributed by atoms with Gasteiger partial charge < -0.3 is 14.7 Å². The van der Waals surface area contributed by atoms with Gasteiger partial charge in [0.1, 0.15) is 0 Å². The van der Waals surface area contributed by atoms with E-state index in [1.807, 2.05) is 0 Å². The second-order valence-corrected chi connectivity index (χ2v) is 8.29. The van der Waals surface area contributed by atoms with Crippen LogP contribution in [0.15, 0.2) is 29.5 Å². The number of halogens is 2. The van der Waals surface area contributed by atoms with Gasteiger partial charge in [-0.2, -0.15) is 0 Å². The summed E-state index contributed by atoms with van der Waals surface area (Å²) in [5, 5.41) is 11.9. The summed E-state index contributed by atoms with van der Waals surface area (Å²) in [5.74, 6) is -1.73. The Hall–Kier alpha value is -1.93. The van der Waals surface area contributed by atoms with Crippen molar-refractivity contribution in [2.24, 2.45) is 0 Å². The maximum Gasteiger partial charge on any atom is 0.290 e. The van der Waals surface area contributed by atoms with Crippen molar-refractivity contribution in [2.75, 3.05) is 20.3 Å². The van der Waals surface area contributed by atoms with Crippen molar-refractivity contribution >= 4 is 46.2 Å². The maximum atomic E-state index is 13.3. The summed E-state index contributed by atoms with van der Waals surface area (Å²) in [6, 6.07) is 4.01. The molecule has 0 fully saturated rings. The third kappa shape index (κ3) is 3.55. The normalized spacial score (nSPS) is 17.0. The molecular formula is C19H18Cl2N2O4S. The SMILES string of the molecule is COCCN1C(=O)C(O)=C(C(=O)c2sc(C)nc2C)C1c1c(Cl)cccc1Cl. The second-order valence-electron chi connectivity index (χ2n) is 6.27. The van der Waals surface area contributed by atoms with Crippen LogP contribution in [0.2, 0.25) is 10.0 Å².